The Bertz CT molecular complexity index is 881. The molecular formula is C20H20N4O2S2. The van der Waals surface area contributed by atoms with E-state index >= 15 is 0 Å². The molecule has 0 atom stereocenters. The van der Waals surface area contributed by atoms with Gasteiger partial charge in [-0.05, 0) is 60.3 Å². The summed E-state index contributed by atoms with van der Waals surface area (Å²) in [6, 6.07) is 16.6. The number of carbonyl (C=O) groups excluding carboxylic acids is 2. The van der Waals surface area contributed by atoms with Crippen LogP contribution in [0.5, 0.6) is 0 Å². The van der Waals surface area contributed by atoms with E-state index < -0.39 is 0 Å². The third kappa shape index (κ3) is 7.65. The highest BCUT2D eigenvalue weighted by Crippen LogP contribution is 2.13. The number of thiocarbonyl (C=S) groups is 2. The number of nitrogens with one attached hydrogen (secondary N) is 4. The number of hydrogen-bond donors (Lipinski definition) is 4. The van der Waals surface area contributed by atoms with Gasteiger partial charge in [0.15, 0.2) is 10.2 Å². The molecule has 0 fully saturated rings. The lowest BCUT2D eigenvalue weighted by atomic mass is 10.2. The Kier molecular flexibility index (Phi) is 8.26. The molecule has 0 saturated carbocycles. The molecule has 0 saturated heterocycles. The van der Waals surface area contributed by atoms with Crippen LogP contribution in [0.4, 0.5) is 11.4 Å². The molecule has 0 unspecified atom stereocenters. The van der Waals surface area contributed by atoms with Crippen molar-refractivity contribution in [2.24, 2.45) is 0 Å². The van der Waals surface area contributed by atoms with Crippen LogP contribution in [-0.4, -0.2) is 22.0 Å². The van der Waals surface area contributed by atoms with E-state index in [1.807, 2.05) is 30.3 Å². The van der Waals surface area contributed by atoms with Crippen LogP contribution >= 0.6 is 24.4 Å². The highest BCUT2D eigenvalue weighted by molar-refractivity contribution is 7.80. The minimum absolute atomic E-state index is 0.154. The van der Waals surface area contributed by atoms with Crippen LogP contribution < -0.4 is 21.3 Å². The molecule has 0 bridgehead atoms. The Balaban J connectivity index is 1.82. The molecule has 0 aliphatic carbocycles. The van der Waals surface area contributed by atoms with E-state index in [4.69, 9.17) is 24.4 Å². The van der Waals surface area contributed by atoms with Crippen molar-refractivity contribution in [3.05, 3.63) is 66.2 Å². The minimum atomic E-state index is -0.323. The van der Waals surface area contributed by atoms with Gasteiger partial charge in [-0.3, -0.25) is 14.9 Å². The number of carbonyl (C=O) groups is 2. The van der Waals surface area contributed by atoms with E-state index in [0.29, 0.717) is 17.8 Å². The van der Waals surface area contributed by atoms with Crippen molar-refractivity contribution in [2.45, 2.75) is 13.3 Å². The fourth-order valence-electron chi connectivity index (χ4n) is 2.07. The number of benzene rings is 2. The normalized spacial score (nSPS) is 10.2. The smallest absolute Gasteiger partial charge is 0.250 e. The first-order valence-corrected chi connectivity index (χ1v) is 9.34. The quantitative estimate of drug-likeness (QED) is 0.445. The van der Waals surface area contributed by atoms with Gasteiger partial charge in [-0.1, -0.05) is 37.3 Å². The Morgan fingerprint density at radius 2 is 1.39 bits per heavy atom. The Labute approximate surface area is 174 Å². The van der Waals surface area contributed by atoms with Crippen molar-refractivity contribution in [3.63, 3.8) is 0 Å². The number of hydrogen-bond acceptors (Lipinski definition) is 4. The average molecular weight is 413 g/mol. The maximum atomic E-state index is 11.9. The van der Waals surface area contributed by atoms with Crippen LogP contribution in [0.15, 0.2) is 60.7 Å². The maximum Gasteiger partial charge on any atom is 0.250 e. The first-order chi connectivity index (χ1) is 13.5. The topological polar surface area (TPSA) is 82.3 Å². The number of amides is 2. The van der Waals surface area contributed by atoms with E-state index in [9.17, 15) is 9.59 Å². The molecule has 0 aliphatic heterocycles. The molecule has 0 aromatic heterocycles. The van der Waals surface area contributed by atoms with Crippen molar-refractivity contribution in [2.75, 3.05) is 10.6 Å². The summed E-state index contributed by atoms with van der Waals surface area (Å²) in [5.41, 5.74) is 2.34. The zero-order chi connectivity index (χ0) is 20.4. The second-order valence-electron chi connectivity index (χ2n) is 5.62. The molecule has 0 aliphatic rings. The summed E-state index contributed by atoms with van der Waals surface area (Å²) in [6.45, 7) is 1.75. The van der Waals surface area contributed by atoms with Crippen LogP contribution in [0.2, 0.25) is 0 Å². The fourth-order valence-corrected chi connectivity index (χ4v) is 2.52. The molecule has 6 nitrogen and oxygen atoms in total. The molecule has 8 heteroatoms. The van der Waals surface area contributed by atoms with E-state index in [0.717, 1.165) is 5.56 Å². The summed E-state index contributed by atoms with van der Waals surface area (Å²) in [7, 11) is 0. The SMILES string of the molecule is CCC(=O)NC(=S)Nc1ccc(NC(=S)NC(=O)C=Cc2ccccc2)cc1. The summed E-state index contributed by atoms with van der Waals surface area (Å²) >= 11 is 10.2. The molecule has 2 aromatic carbocycles. The lowest BCUT2D eigenvalue weighted by Gasteiger charge is -2.11. The largest absolute Gasteiger partial charge is 0.332 e. The van der Waals surface area contributed by atoms with Crippen molar-refractivity contribution >= 4 is 63.9 Å². The molecule has 4 N–H and O–H groups in total. The molecule has 2 aromatic rings. The Morgan fingerprint density at radius 3 is 1.93 bits per heavy atom. The molecule has 0 radical (unpaired) electrons. The van der Waals surface area contributed by atoms with Gasteiger partial charge in [0.25, 0.3) is 0 Å². The third-order valence-electron chi connectivity index (χ3n) is 3.44. The average Bonchev–Trinajstić information content (AvgIpc) is 2.68. The predicted octanol–water partition coefficient (Wildman–Crippen LogP) is 3.44. The van der Waals surface area contributed by atoms with E-state index in [-0.39, 0.29) is 22.0 Å². The van der Waals surface area contributed by atoms with Crippen molar-refractivity contribution in [1.29, 1.82) is 0 Å². The van der Waals surface area contributed by atoms with E-state index in [1.165, 1.54) is 6.08 Å². The van der Waals surface area contributed by atoms with Gasteiger partial charge in [0.05, 0.1) is 0 Å². The van der Waals surface area contributed by atoms with Gasteiger partial charge < -0.3 is 16.0 Å². The van der Waals surface area contributed by atoms with Gasteiger partial charge >= 0.3 is 0 Å². The lowest BCUT2D eigenvalue weighted by Crippen LogP contribution is -2.33. The molecule has 144 valence electrons. The summed E-state index contributed by atoms with van der Waals surface area (Å²) in [6.07, 6.45) is 3.48. The van der Waals surface area contributed by atoms with Gasteiger partial charge in [0.2, 0.25) is 11.8 Å². The van der Waals surface area contributed by atoms with Gasteiger partial charge in [-0.15, -0.1) is 0 Å². The third-order valence-corrected chi connectivity index (χ3v) is 3.85. The van der Waals surface area contributed by atoms with Gasteiger partial charge in [0, 0.05) is 23.9 Å². The highest BCUT2D eigenvalue weighted by atomic mass is 32.1. The van der Waals surface area contributed by atoms with Crippen LogP contribution in [0, 0.1) is 0 Å². The Hall–Kier alpha value is -3.10. The van der Waals surface area contributed by atoms with Crippen LogP contribution in [0.25, 0.3) is 6.08 Å². The molecule has 0 spiro atoms. The van der Waals surface area contributed by atoms with Gasteiger partial charge in [0.1, 0.15) is 0 Å². The molecular weight excluding hydrogens is 392 g/mol. The molecule has 2 rings (SSSR count). The highest BCUT2D eigenvalue weighted by Gasteiger charge is 2.04. The lowest BCUT2D eigenvalue weighted by molar-refractivity contribution is -0.119. The molecule has 2 amide bonds. The first kappa shape index (κ1) is 21.2. The van der Waals surface area contributed by atoms with Crippen LogP contribution in [0.3, 0.4) is 0 Å². The number of anilines is 2. The first-order valence-electron chi connectivity index (χ1n) is 8.52. The predicted molar refractivity (Wildman–Crippen MR) is 121 cm³/mol. The minimum Gasteiger partial charge on any atom is -0.332 e. The summed E-state index contributed by atoms with van der Waals surface area (Å²) < 4.78 is 0. The van der Waals surface area contributed by atoms with Crippen molar-refractivity contribution in [3.8, 4) is 0 Å². The standard InChI is InChI=1S/C20H20N4O2S2/c1-2-17(25)23-19(27)21-15-9-11-16(12-10-15)22-20(28)24-18(26)13-8-14-6-4-3-5-7-14/h3-13H,2H2,1H3,(H2,21,23,25,27)(H2,22,24,26,28). The summed E-state index contributed by atoms with van der Waals surface area (Å²) in [5.74, 6) is -0.477. The second-order valence-corrected chi connectivity index (χ2v) is 6.44. The van der Waals surface area contributed by atoms with Crippen LogP contribution in [0.1, 0.15) is 18.9 Å². The van der Waals surface area contributed by atoms with Crippen LogP contribution in [-0.2, 0) is 9.59 Å². The number of rotatable bonds is 5. The summed E-state index contributed by atoms with van der Waals surface area (Å²) in [4.78, 5) is 23.2. The van der Waals surface area contributed by atoms with Gasteiger partial charge in [-0.2, -0.15) is 0 Å². The Morgan fingerprint density at radius 1 is 0.857 bits per heavy atom. The van der Waals surface area contributed by atoms with Crippen molar-refractivity contribution < 1.29 is 9.59 Å². The molecule has 0 heterocycles. The van der Waals surface area contributed by atoms with E-state index in [2.05, 4.69) is 21.3 Å². The van der Waals surface area contributed by atoms with E-state index in [1.54, 1.807) is 37.3 Å². The van der Waals surface area contributed by atoms with Gasteiger partial charge in [-0.25, -0.2) is 0 Å². The second kappa shape index (κ2) is 10.9. The van der Waals surface area contributed by atoms with Crippen molar-refractivity contribution in [1.82, 2.24) is 10.6 Å². The zero-order valence-corrected chi connectivity index (χ0v) is 16.8. The molecule has 28 heavy (non-hydrogen) atoms. The monoisotopic (exact) mass is 412 g/mol. The fraction of sp³-hybridized carbons (Fsp3) is 0.100. The summed E-state index contributed by atoms with van der Waals surface area (Å²) in [5, 5.41) is 11.4. The maximum absolute atomic E-state index is 11.9. The zero-order valence-electron chi connectivity index (χ0n) is 15.2.